The molecule has 9 aromatic rings. The average molecular weight is 619 g/mol. The lowest BCUT2D eigenvalue weighted by Crippen LogP contribution is -2.04. The molecule has 0 aliphatic heterocycles. The van der Waals surface area contributed by atoms with Crippen molar-refractivity contribution >= 4 is 43.6 Å². The lowest BCUT2D eigenvalue weighted by atomic mass is 10.1. The maximum absolute atomic E-state index is 5.37. The molecule has 0 fully saturated rings. The number of nitrogens with zero attached hydrogens (tertiary/aromatic N) is 4. The molecule has 0 aliphatic rings. The van der Waals surface area contributed by atoms with Gasteiger partial charge in [0.15, 0.2) is 5.82 Å². The SMILES string of the molecule is CCc1ccc(-c2cc(-n3c4ccccc4c4ccc5c6ccccc6n(-c6ccccc6)c5c43)nc(-c3ccc(CC)cc3)n2)cc1. The van der Waals surface area contributed by atoms with Crippen molar-refractivity contribution in [2.75, 3.05) is 0 Å². The third-order valence-electron chi connectivity index (χ3n) is 9.70. The van der Waals surface area contributed by atoms with Gasteiger partial charge in [0, 0.05) is 44.4 Å². The Kier molecular flexibility index (Phi) is 6.68. The Morgan fingerprint density at radius 1 is 0.458 bits per heavy atom. The van der Waals surface area contributed by atoms with Gasteiger partial charge in [-0.3, -0.25) is 4.57 Å². The molecule has 0 aliphatic carbocycles. The molecule has 4 nitrogen and oxygen atoms in total. The van der Waals surface area contributed by atoms with Crippen molar-refractivity contribution in [2.45, 2.75) is 26.7 Å². The first-order chi connectivity index (χ1) is 23.7. The molecule has 3 heterocycles. The van der Waals surface area contributed by atoms with Gasteiger partial charge < -0.3 is 4.57 Å². The minimum atomic E-state index is 0.714. The first-order valence-corrected chi connectivity index (χ1v) is 16.8. The molecule has 9 rings (SSSR count). The molecule has 0 amide bonds. The van der Waals surface area contributed by atoms with Crippen LogP contribution in [0.3, 0.4) is 0 Å². The van der Waals surface area contributed by atoms with E-state index in [1.54, 1.807) is 0 Å². The second-order valence-corrected chi connectivity index (χ2v) is 12.4. The summed E-state index contributed by atoms with van der Waals surface area (Å²) in [4.78, 5) is 10.6. The third-order valence-corrected chi connectivity index (χ3v) is 9.70. The highest BCUT2D eigenvalue weighted by Crippen LogP contribution is 2.41. The summed E-state index contributed by atoms with van der Waals surface area (Å²) in [6.07, 6.45) is 1.99. The molecule has 0 N–H and O–H groups in total. The van der Waals surface area contributed by atoms with Crippen LogP contribution in [0.1, 0.15) is 25.0 Å². The summed E-state index contributed by atoms with van der Waals surface area (Å²) in [6, 6.07) is 52.3. The molecule has 0 saturated carbocycles. The predicted octanol–water partition coefficient (Wildman–Crippen LogP) is 11.1. The Morgan fingerprint density at radius 3 is 1.58 bits per heavy atom. The van der Waals surface area contributed by atoms with Gasteiger partial charge in [-0.25, -0.2) is 9.97 Å². The van der Waals surface area contributed by atoms with E-state index in [9.17, 15) is 0 Å². The fourth-order valence-electron chi connectivity index (χ4n) is 7.21. The van der Waals surface area contributed by atoms with E-state index in [1.165, 1.54) is 38.2 Å². The molecule has 0 radical (unpaired) electrons. The zero-order valence-electron chi connectivity index (χ0n) is 27.1. The predicted molar refractivity (Wildman–Crippen MR) is 200 cm³/mol. The Labute approximate surface area is 279 Å². The molecule has 0 saturated heterocycles. The van der Waals surface area contributed by atoms with Crippen LogP contribution in [-0.4, -0.2) is 19.1 Å². The van der Waals surface area contributed by atoms with E-state index in [0.29, 0.717) is 5.82 Å². The number of benzene rings is 6. The summed E-state index contributed by atoms with van der Waals surface area (Å²) >= 11 is 0. The van der Waals surface area contributed by atoms with E-state index < -0.39 is 0 Å². The molecular formula is C44H34N4. The van der Waals surface area contributed by atoms with Crippen molar-refractivity contribution < 1.29 is 0 Å². The van der Waals surface area contributed by atoms with Crippen molar-refractivity contribution in [3.8, 4) is 34.2 Å². The number of aryl methyl sites for hydroxylation is 2. The number of fused-ring (bicyclic) bond motifs is 7. The van der Waals surface area contributed by atoms with Crippen molar-refractivity contribution in [2.24, 2.45) is 0 Å². The van der Waals surface area contributed by atoms with Crippen LogP contribution in [0.4, 0.5) is 0 Å². The van der Waals surface area contributed by atoms with E-state index in [1.807, 2.05) is 0 Å². The fourth-order valence-corrected chi connectivity index (χ4v) is 7.21. The Balaban J connectivity index is 1.43. The standard InChI is InChI=1S/C44H34N4/c1-3-29-18-22-31(23-19-29)38-28-41(46-44(45-38)32-24-20-30(4-2)21-25-32)48-40-17-11-9-15-35(40)37-27-26-36-34-14-8-10-16-39(34)47(42(36)43(37)48)33-12-6-5-7-13-33/h5-28H,3-4H2,1-2H3. The largest absolute Gasteiger partial charge is 0.307 e. The molecule has 0 atom stereocenters. The van der Waals surface area contributed by atoms with E-state index in [2.05, 4.69) is 169 Å². The van der Waals surface area contributed by atoms with Gasteiger partial charge in [-0.1, -0.05) is 129 Å². The Hall–Kier alpha value is -6.00. The van der Waals surface area contributed by atoms with Crippen LogP contribution in [0.2, 0.25) is 0 Å². The monoisotopic (exact) mass is 618 g/mol. The average Bonchev–Trinajstić information content (AvgIpc) is 3.68. The van der Waals surface area contributed by atoms with Crippen LogP contribution in [-0.2, 0) is 12.8 Å². The number of aromatic nitrogens is 4. The van der Waals surface area contributed by atoms with Gasteiger partial charge in [-0.15, -0.1) is 0 Å². The first kappa shape index (κ1) is 28.2. The van der Waals surface area contributed by atoms with Crippen molar-refractivity contribution in [3.63, 3.8) is 0 Å². The summed E-state index contributed by atoms with van der Waals surface area (Å²) in [5.74, 6) is 1.56. The van der Waals surface area contributed by atoms with Gasteiger partial charge in [0.2, 0.25) is 0 Å². The summed E-state index contributed by atoms with van der Waals surface area (Å²) < 4.78 is 4.78. The zero-order chi connectivity index (χ0) is 32.2. The normalized spacial score (nSPS) is 11.7. The van der Waals surface area contributed by atoms with Crippen molar-refractivity contribution in [3.05, 3.63) is 157 Å². The molecule has 6 aromatic carbocycles. The van der Waals surface area contributed by atoms with Crippen LogP contribution < -0.4 is 0 Å². The van der Waals surface area contributed by atoms with Gasteiger partial charge in [-0.05, 0) is 48.2 Å². The highest BCUT2D eigenvalue weighted by molar-refractivity contribution is 6.23. The maximum atomic E-state index is 5.37. The second kappa shape index (κ2) is 11.4. The highest BCUT2D eigenvalue weighted by Gasteiger charge is 2.22. The lowest BCUT2D eigenvalue weighted by Gasteiger charge is -2.14. The number of hydrogen-bond donors (Lipinski definition) is 0. The Morgan fingerprint density at radius 2 is 0.979 bits per heavy atom. The summed E-state index contributed by atoms with van der Waals surface area (Å²) in [5.41, 5.74) is 11.3. The molecule has 48 heavy (non-hydrogen) atoms. The molecular weight excluding hydrogens is 585 g/mol. The molecule has 0 spiro atoms. The number of hydrogen-bond acceptors (Lipinski definition) is 2. The quantitative estimate of drug-likeness (QED) is 0.186. The first-order valence-electron chi connectivity index (χ1n) is 16.8. The minimum Gasteiger partial charge on any atom is -0.307 e. The van der Waals surface area contributed by atoms with Crippen LogP contribution in [0.25, 0.3) is 77.8 Å². The van der Waals surface area contributed by atoms with Gasteiger partial charge in [0.05, 0.1) is 27.8 Å². The summed E-state index contributed by atoms with van der Waals surface area (Å²) in [6.45, 7) is 4.37. The van der Waals surface area contributed by atoms with Gasteiger partial charge >= 0.3 is 0 Å². The zero-order valence-corrected chi connectivity index (χ0v) is 27.1. The van der Waals surface area contributed by atoms with E-state index in [0.717, 1.165) is 57.7 Å². The molecule has 4 heteroatoms. The summed E-state index contributed by atoms with van der Waals surface area (Å²) in [5, 5.41) is 4.83. The van der Waals surface area contributed by atoms with E-state index in [-0.39, 0.29) is 0 Å². The van der Waals surface area contributed by atoms with Crippen molar-refractivity contribution in [1.82, 2.24) is 19.1 Å². The number of rotatable bonds is 6. The van der Waals surface area contributed by atoms with Crippen LogP contribution in [0.5, 0.6) is 0 Å². The molecule has 0 bridgehead atoms. The summed E-state index contributed by atoms with van der Waals surface area (Å²) in [7, 11) is 0. The fraction of sp³-hybridized carbons (Fsp3) is 0.0909. The lowest BCUT2D eigenvalue weighted by molar-refractivity contribution is 1.04. The number of para-hydroxylation sites is 3. The topological polar surface area (TPSA) is 35.6 Å². The van der Waals surface area contributed by atoms with Gasteiger partial charge in [0.1, 0.15) is 5.82 Å². The molecule has 0 unspecified atom stereocenters. The van der Waals surface area contributed by atoms with Crippen LogP contribution in [0.15, 0.2) is 146 Å². The molecule has 3 aromatic heterocycles. The van der Waals surface area contributed by atoms with E-state index in [4.69, 9.17) is 9.97 Å². The highest BCUT2D eigenvalue weighted by atomic mass is 15.1. The third kappa shape index (κ3) is 4.44. The van der Waals surface area contributed by atoms with Gasteiger partial charge in [-0.2, -0.15) is 0 Å². The second-order valence-electron chi connectivity index (χ2n) is 12.4. The Bertz CT molecular complexity index is 2540. The van der Waals surface area contributed by atoms with Crippen LogP contribution >= 0.6 is 0 Å². The van der Waals surface area contributed by atoms with E-state index >= 15 is 0 Å². The van der Waals surface area contributed by atoms with Crippen molar-refractivity contribution in [1.29, 1.82) is 0 Å². The smallest absolute Gasteiger partial charge is 0.162 e. The minimum absolute atomic E-state index is 0.714. The van der Waals surface area contributed by atoms with Gasteiger partial charge in [0.25, 0.3) is 0 Å². The maximum Gasteiger partial charge on any atom is 0.162 e. The van der Waals surface area contributed by atoms with Crippen LogP contribution in [0, 0.1) is 0 Å². The molecule has 230 valence electrons.